The summed E-state index contributed by atoms with van der Waals surface area (Å²) in [5.41, 5.74) is 2.97. The smallest absolute Gasteiger partial charge is 0.166 e. The molecule has 6 nitrogen and oxygen atoms in total. The Kier molecular flexibility index (Phi) is 3.79. The van der Waals surface area contributed by atoms with Gasteiger partial charge in [-0.05, 0) is 44.0 Å². The van der Waals surface area contributed by atoms with Crippen LogP contribution in [-0.2, 0) is 5.54 Å². The molecule has 1 aromatic carbocycles. The molecule has 1 fully saturated rings. The van der Waals surface area contributed by atoms with Crippen molar-refractivity contribution in [2.45, 2.75) is 25.3 Å². The zero-order chi connectivity index (χ0) is 19.3. The van der Waals surface area contributed by atoms with Gasteiger partial charge in [-0.1, -0.05) is 6.58 Å². The Morgan fingerprint density at radius 2 is 2.18 bits per heavy atom. The van der Waals surface area contributed by atoms with Crippen LogP contribution in [0.15, 0.2) is 43.2 Å². The summed E-state index contributed by atoms with van der Waals surface area (Å²) >= 11 is 0. The van der Waals surface area contributed by atoms with Crippen molar-refractivity contribution in [1.82, 2.24) is 19.9 Å². The Morgan fingerprint density at radius 3 is 2.96 bits per heavy atom. The molecular weight excluding hydrogens is 357 g/mol. The van der Waals surface area contributed by atoms with Crippen molar-refractivity contribution in [3.05, 3.63) is 60.2 Å². The summed E-state index contributed by atoms with van der Waals surface area (Å²) in [6.45, 7) is 8.01. The Morgan fingerprint density at radius 1 is 1.32 bits per heavy atom. The summed E-state index contributed by atoms with van der Waals surface area (Å²) in [7, 11) is 0. The highest BCUT2D eigenvalue weighted by molar-refractivity contribution is 5.74. The first-order chi connectivity index (χ1) is 13.6. The molecule has 2 bridgehead atoms. The quantitative estimate of drug-likeness (QED) is 0.703. The molecule has 0 radical (unpaired) electrons. The van der Waals surface area contributed by atoms with Crippen LogP contribution >= 0.6 is 0 Å². The zero-order valence-corrected chi connectivity index (χ0v) is 15.8. The fraction of sp³-hybridized carbons (Fsp3) is 0.333. The third-order valence-electron chi connectivity index (χ3n) is 5.65. The minimum Gasteiger partial charge on any atom is -0.491 e. The van der Waals surface area contributed by atoms with E-state index in [-0.39, 0.29) is 11.4 Å². The van der Waals surface area contributed by atoms with Crippen LogP contribution in [0.1, 0.15) is 30.9 Å². The van der Waals surface area contributed by atoms with Crippen molar-refractivity contribution in [1.29, 1.82) is 0 Å². The van der Waals surface area contributed by atoms with Gasteiger partial charge in [-0.3, -0.25) is 0 Å². The second-order valence-electron chi connectivity index (χ2n) is 7.28. The molecule has 144 valence electrons. The van der Waals surface area contributed by atoms with E-state index in [9.17, 15) is 4.39 Å². The summed E-state index contributed by atoms with van der Waals surface area (Å²) in [5.74, 6) is 1.33. The molecule has 0 amide bonds. The van der Waals surface area contributed by atoms with Gasteiger partial charge in [-0.15, -0.1) is 0 Å². The zero-order valence-electron chi connectivity index (χ0n) is 15.8. The standard InChI is InChI=1S/C21H22FN5O/c1-3-26-19-6-10-27-20(25-19)16(13-24-27)14(2)23-9-11-28-18-5-4-15(22)12-17(18)21(26)7-8-21/h4-6,10,12-13,23H,2-3,7-9,11H2,1H3. The van der Waals surface area contributed by atoms with E-state index in [2.05, 4.69) is 28.8 Å². The molecule has 1 aliphatic carbocycles. The second kappa shape index (κ2) is 6.22. The van der Waals surface area contributed by atoms with Crippen molar-refractivity contribution in [3.8, 4) is 5.75 Å². The monoisotopic (exact) mass is 379 g/mol. The lowest BCUT2D eigenvalue weighted by molar-refractivity contribution is 0.314. The molecule has 0 unspecified atom stereocenters. The van der Waals surface area contributed by atoms with Crippen LogP contribution < -0.4 is 15.0 Å². The number of hydrogen-bond acceptors (Lipinski definition) is 5. The SMILES string of the molecule is C=C1NCCOc2ccc(F)cc2C2(CC2)N(CC)c2ccn3ncc1c3n2. The molecule has 0 atom stereocenters. The Hall–Kier alpha value is -3.09. The number of anilines is 1. The lowest BCUT2D eigenvalue weighted by Crippen LogP contribution is -2.36. The van der Waals surface area contributed by atoms with Gasteiger partial charge in [-0.25, -0.2) is 13.9 Å². The molecular formula is C21H22FN5O. The summed E-state index contributed by atoms with van der Waals surface area (Å²) in [5, 5.41) is 7.67. The lowest BCUT2D eigenvalue weighted by Gasteiger charge is -2.33. The van der Waals surface area contributed by atoms with Gasteiger partial charge in [0, 0.05) is 30.5 Å². The minimum absolute atomic E-state index is 0.248. The predicted octanol–water partition coefficient (Wildman–Crippen LogP) is 3.34. The summed E-state index contributed by atoms with van der Waals surface area (Å²) < 4.78 is 22.0. The van der Waals surface area contributed by atoms with Crippen molar-refractivity contribution < 1.29 is 9.13 Å². The van der Waals surface area contributed by atoms with E-state index in [1.807, 2.05) is 12.3 Å². The molecule has 5 rings (SSSR count). The number of nitrogens with one attached hydrogen (secondary N) is 1. The summed E-state index contributed by atoms with van der Waals surface area (Å²) in [4.78, 5) is 7.15. The van der Waals surface area contributed by atoms with Gasteiger partial charge >= 0.3 is 0 Å². The second-order valence-corrected chi connectivity index (χ2v) is 7.28. The number of rotatable bonds is 1. The molecule has 7 heteroatoms. The molecule has 3 aromatic rings. The minimum atomic E-state index is -0.295. The van der Waals surface area contributed by atoms with Crippen molar-refractivity contribution in [3.63, 3.8) is 0 Å². The maximum absolute atomic E-state index is 14.2. The van der Waals surface area contributed by atoms with Crippen LogP contribution in [0.2, 0.25) is 0 Å². The number of nitrogens with zero attached hydrogens (tertiary/aromatic N) is 4. The van der Waals surface area contributed by atoms with Gasteiger partial charge in [0.25, 0.3) is 0 Å². The first kappa shape index (κ1) is 17.0. The predicted molar refractivity (Wildman–Crippen MR) is 106 cm³/mol. The van der Waals surface area contributed by atoms with Gasteiger partial charge in [0.2, 0.25) is 0 Å². The number of aromatic nitrogens is 3. The molecule has 3 heterocycles. The van der Waals surface area contributed by atoms with E-state index in [4.69, 9.17) is 9.72 Å². The molecule has 1 aliphatic heterocycles. The van der Waals surface area contributed by atoms with Crippen LogP contribution in [0, 0.1) is 5.82 Å². The first-order valence-corrected chi connectivity index (χ1v) is 9.60. The molecule has 1 saturated carbocycles. The molecule has 28 heavy (non-hydrogen) atoms. The van der Waals surface area contributed by atoms with E-state index in [1.54, 1.807) is 22.8 Å². The molecule has 0 saturated heterocycles. The van der Waals surface area contributed by atoms with Crippen LogP contribution in [0.5, 0.6) is 5.75 Å². The van der Waals surface area contributed by atoms with E-state index in [1.165, 1.54) is 6.07 Å². The Bertz CT molecular complexity index is 1070. The molecule has 2 aromatic heterocycles. The van der Waals surface area contributed by atoms with Crippen molar-refractivity contribution in [2.24, 2.45) is 0 Å². The van der Waals surface area contributed by atoms with Gasteiger partial charge in [0.1, 0.15) is 24.0 Å². The van der Waals surface area contributed by atoms with Crippen LogP contribution in [0.4, 0.5) is 10.2 Å². The Balaban J connectivity index is 1.71. The third-order valence-corrected chi connectivity index (χ3v) is 5.65. The maximum atomic E-state index is 14.2. The number of ether oxygens (including phenoxy) is 1. The van der Waals surface area contributed by atoms with Gasteiger partial charge in [0.05, 0.1) is 17.3 Å². The van der Waals surface area contributed by atoms with Crippen LogP contribution in [0.3, 0.4) is 0 Å². The fourth-order valence-electron chi connectivity index (χ4n) is 4.16. The highest BCUT2D eigenvalue weighted by Gasteiger charge is 2.51. The highest BCUT2D eigenvalue weighted by atomic mass is 19.1. The average Bonchev–Trinajstić information content (AvgIpc) is 3.37. The van der Waals surface area contributed by atoms with Gasteiger partial charge in [0.15, 0.2) is 5.65 Å². The third kappa shape index (κ3) is 2.53. The van der Waals surface area contributed by atoms with E-state index in [0.29, 0.717) is 13.2 Å². The summed E-state index contributed by atoms with van der Waals surface area (Å²) in [6.07, 6.45) is 5.56. The van der Waals surface area contributed by atoms with Crippen molar-refractivity contribution in [2.75, 3.05) is 24.6 Å². The molecule has 2 aliphatic rings. The fourth-order valence-corrected chi connectivity index (χ4v) is 4.16. The van der Waals surface area contributed by atoms with Crippen LogP contribution in [-0.4, -0.2) is 34.3 Å². The molecule has 1 spiro atoms. The maximum Gasteiger partial charge on any atom is 0.166 e. The van der Waals surface area contributed by atoms with Gasteiger partial charge < -0.3 is 15.0 Å². The number of fused-ring (bicyclic) bond motifs is 3. The normalized spacial score (nSPS) is 18.1. The lowest BCUT2D eigenvalue weighted by atomic mass is 10.0. The molecule has 1 N–H and O–H groups in total. The number of hydrogen-bond donors (Lipinski definition) is 1. The van der Waals surface area contributed by atoms with E-state index < -0.39 is 0 Å². The van der Waals surface area contributed by atoms with E-state index >= 15 is 0 Å². The first-order valence-electron chi connectivity index (χ1n) is 9.60. The number of halogens is 1. The topological polar surface area (TPSA) is 54.7 Å². The van der Waals surface area contributed by atoms with Crippen molar-refractivity contribution >= 4 is 17.2 Å². The largest absolute Gasteiger partial charge is 0.491 e. The highest BCUT2D eigenvalue weighted by Crippen LogP contribution is 2.55. The average molecular weight is 379 g/mol. The van der Waals surface area contributed by atoms with Gasteiger partial charge in [-0.2, -0.15) is 5.10 Å². The Labute approximate surface area is 162 Å². The van der Waals surface area contributed by atoms with E-state index in [0.717, 1.165) is 53.4 Å². The summed E-state index contributed by atoms with van der Waals surface area (Å²) in [6, 6.07) is 6.76. The number of benzene rings is 1. The van der Waals surface area contributed by atoms with Crippen LogP contribution in [0.25, 0.3) is 11.3 Å².